The van der Waals surface area contributed by atoms with Crippen molar-refractivity contribution < 1.29 is 8.42 Å². The van der Waals surface area contributed by atoms with E-state index in [9.17, 15) is 8.42 Å². The van der Waals surface area contributed by atoms with Gasteiger partial charge in [-0.1, -0.05) is 0 Å². The van der Waals surface area contributed by atoms with Gasteiger partial charge < -0.3 is 0 Å². The van der Waals surface area contributed by atoms with Crippen molar-refractivity contribution in [3.05, 3.63) is 15.3 Å². The Labute approximate surface area is 89.4 Å². The second kappa shape index (κ2) is 3.64. The summed E-state index contributed by atoms with van der Waals surface area (Å²) in [5.74, 6) is 0. The minimum Gasteiger partial charge on any atom is -0.207 e. The molecule has 0 aromatic carbocycles. The fourth-order valence-corrected chi connectivity index (χ4v) is 4.07. The van der Waals surface area contributed by atoms with E-state index in [0.717, 1.165) is 15.3 Å². The van der Waals surface area contributed by atoms with Crippen molar-refractivity contribution in [1.29, 1.82) is 0 Å². The number of rotatable bonds is 2. The molecule has 1 aromatic heterocycles. The second-order valence-electron chi connectivity index (χ2n) is 3.46. The fourth-order valence-electron chi connectivity index (χ4n) is 1.33. The van der Waals surface area contributed by atoms with E-state index in [1.165, 1.54) is 15.6 Å². The van der Waals surface area contributed by atoms with Crippen molar-refractivity contribution in [3.8, 4) is 0 Å². The molecule has 1 heterocycles. The third-order valence-corrected chi connectivity index (χ3v) is 5.57. The van der Waals surface area contributed by atoms with E-state index >= 15 is 0 Å². The van der Waals surface area contributed by atoms with E-state index < -0.39 is 10.0 Å². The lowest BCUT2D eigenvalue weighted by molar-refractivity contribution is 0.520. The van der Waals surface area contributed by atoms with Gasteiger partial charge in [-0.25, -0.2) is 12.7 Å². The lowest BCUT2D eigenvalue weighted by Gasteiger charge is -2.11. The molecule has 0 bridgehead atoms. The van der Waals surface area contributed by atoms with E-state index in [4.69, 9.17) is 0 Å². The van der Waals surface area contributed by atoms with Gasteiger partial charge in [0.15, 0.2) is 0 Å². The first-order valence-electron chi connectivity index (χ1n) is 4.27. The molecule has 3 nitrogen and oxygen atoms in total. The van der Waals surface area contributed by atoms with Crippen LogP contribution >= 0.6 is 11.3 Å². The maximum atomic E-state index is 11.9. The van der Waals surface area contributed by atoms with Crippen LogP contribution in [0.1, 0.15) is 15.3 Å². The van der Waals surface area contributed by atoms with Gasteiger partial charge in [-0.15, -0.1) is 11.3 Å². The van der Waals surface area contributed by atoms with Crippen molar-refractivity contribution in [2.75, 3.05) is 14.1 Å². The van der Waals surface area contributed by atoms with Gasteiger partial charge in [0.25, 0.3) is 0 Å². The Bertz CT molecular complexity index is 444. The summed E-state index contributed by atoms with van der Waals surface area (Å²) in [6, 6.07) is 0. The van der Waals surface area contributed by atoms with Crippen molar-refractivity contribution >= 4 is 21.4 Å². The number of hydrogen-bond donors (Lipinski definition) is 0. The average Bonchev–Trinajstić information content (AvgIpc) is 2.26. The molecule has 0 unspecified atom stereocenters. The SMILES string of the molecule is Cc1sc(C)c(S(=O)(=O)N(C)C)c1C. The third kappa shape index (κ3) is 1.71. The number of aryl methyl sites for hydroxylation is 2. The molecular formula is C9H15NO2S2. The summed E-state index contributed by atoms with van der Waals surface area (Å²) < 4.78 is 25.1. The maximum Gasteiger partial charge on any atom is 0.243 e. The Hall–Kier alpha value is -0.390. The first-order chi connectivity index (χ1) is 6.28. The Balaban J connectivity index is 3.48. The highest BCUT2D eigenvalue weighted by molar-refractivity contribution is 7.89. The second-order valence-corrected chi connectivity index (χ2v) is 6.97. The number of hydrogen-bond acceptors (Lipinski definition) is 3. The average molecular weight is 233 g/mol. The largest absolute Gasteiger partial charge is 0.243 e. The Morgan fingerprint density at radius 2 is 1.57 bits per heavy atom. The molecule has 0 aliphatic carbocycles. The van der Waals surface area contributed by atoms with Gasteiger partial charge in [-0.3, -0.25) is 0 Å². The molecule has 1 rings (SSSR count). The van der Waals surface area contributed by atoms with Crippen LogP contribution < -0.4 is 0 Å². The van der Waals surface area contributed by atoms with Crippen molar-refractivity contribution in [3.63, 3.8) is 0 Å². The molecule has 0 saturated carbocycles. The van der Waals surface area contributed by atoms with Crippen molar-refractivity contribution in [2.45, 2.75) is 25.7 Å². The molecule has 0 spiro atoms. The van der Waals surface area contributed by atoms with Gasteiger partial charge in [-0.05, 0) is 26.3 Å². The highest BCUT2D eigenvalue weighted by Gasteiger charge is 2.24. The van der Waals surface area contributed by atoms with E-state index in [0.29, 0.717) is 4.90 Å². The summed E-state index contributed by atoms with van der Waals surface area (Å²) in [5, 5.41) is 0. The Kier molecular flexibility index (Phi) is 3.04. The third-order valence-electron chi connectivity index (χ3n) is 2.23. The van der Waals surface area contributed by atoms with Crippen LogP contribution in [0.4, 0.5) is 0 Å². The van der Waals surface area contributed by atoms with Gasteiger partial charge in [0.05, 0.1) is 4.90 Å². The zero-order valence-electron chi connectivity index (χ0n) is 9.08. The van der Waals surface area contributed by atoms with Crippen LogP contribution in [-0.4, -0.2) is 26.8 Å². The van der Waals surface area contributed by atoms with Crippen LogP contribution in [0, 0.1) is 20.8 Å². The number of thiophene rings is 1. The minimum absolute atomic E-state index is 0.477. The molecule has 0 amide bonds. The summed E-state index contributed by atoms with van der Waals surface area (Å²) in [4.78, 5) is 2.42. The van der Waals surface area contributed by atoms with Gasteiger partial charge in [0, 0.05) is 23.8 Å². The van der Waals surface area contributed by atoms with Crippen LogP contribution in [0.15, 0.2) is 4.90 Å². The van der Waals surface area contributed by atoms with E-state index in [1.54, 1.807) is 14.1 Å². The van der Waals surface area contributed by atoms with E-state index in [-0.39, 0.29) is 0 Å². The van der Waals surface area contributed by atoms with Crippen LogP contribution in [0.2, 0.25) is 0 Å². The van der Waals surface area contributed by atoms with Gasteiger partial charge in [0.2, 0.25) is 10.0 Å². The highest BCUT2D eigenvalue weighted by Crippen LogP contribution is 2.31. The maximum absolute atomic E-state index is 11.9. The topological polar surface area (TPSA) is 37.4 Å². The van der Waals surface area contributed by atoms with Crippen LogP contribution in [-0.2, 0) is 10.0 Å². The number of sulfonamides is 1. The van der Waals surface area contributed by atoms with Gasteiger partial charge in [-0.2, -0.15) is 0 Å². The monoisotopic (exact) mass is 233 g/mol. The van der Waals surface area contributed by atoms with Crippen LogP contribution in [0.3, 0.4) is 0 Å². The Morgan fingerprint density at radius 1 is 1.07 bits per heavy atom. The fraction of sp³-hybridized carbons (Fsp3) is 0.556. The lowest BCUT2D eigenvalue weighted by Crippen LogP contribution is -2.23. The quantitative estimate of drug-likeness (QED) is 0.782. The first-order valence-corrected chi connectivity index (χ1v) is 6.53. The van der Waals surface area contributed by atoms with Crippen LogP contribution in [0.5, 0.6) is 0 Å². The predicted octanol–water partition coefficient (Wildman–Crippen LogP) is 1.92. The number of nitrogens with zero attached hydrogens (tertiary/aromatic N) is 1. The Morgan fingerprint density at radius 3 is 1.86 bits per heavy atom. The van der Waals surface area contributed by atoms with Crippen LogP contribution in [0.25, 0.3) is 0 Å². The smallest absolute Gasteiger partial charge is 0.207 e. The predicted molar refractivity (Wildman–Crippen MR) is 59.4 cm³/mol. The highest BCUT2D eigenvalue weighted by atomic mass is 32.2. The molecule has 14 heavy (non-hydrogen) atoms. The normalized spacial score (nSPS) is 12.4. The molecule has 0 aliphatic rings. The zero-order valence-corrected chi connectivity index (χ0v) is 10.7. The first kappa shape index (κ1) is 11.7. The minimum atomic E-state index is -3.27. The van der Waals surface area contributed by atoms with Crippen molar-refractivity contribution in [1.82, 2.24) is 4.31 Å². The van der Waals surface area contributed by atoms with E-state index in [1.807, 2.05) is 20.8 Å². The molecule has 0 fully saturated rings. The molecule has 0 atom stereocenters. The summed E-state index contributed by atoms with van der Waals surface area (Å²) in [5.41, 5.74) is 0.876. The lowest BCUT2D eigenvalue weighted by atomic mass is 10.3. The summed E-state index contributed by atoms with van der Waals surface area (Å²) in [6.45, 7) is 5.65. The molecule has 0 aliphatic heterocycles. The summed E-state index contributed by atoms with van der Waals surface area (Å²) in [7, 11) is -0.160. The molecular weight excluding hydrogens is 218 g/mol. The van der Waals surface area contributed by atoms with Gasteiger partial charge >= 0.3 is 0 Å². The molecule has 1 aromatic rings. The standard InChI is InChI=1S/C9H15NO2S2/c1-6-7(2)13-8(3)9(6)14(11,12)10(4)5/h1-5H3. The summed E-state index contributed by atoms with van der Waals surface area (Å²) in [6.07, 6.45) is 0. The summed E-state index contributed by atoms with van der Waals surface area (Å²) >= 11 is 1.53. The van der Waals surface area contributed by atoms with E-state index in [2.05, 4.69) is 0 Å². The molecule has 5 heteroatoms. The molecule has 0 radical (unpaired) electrons. The molecule has 80 valence electrons. The zero-order chi connectivity index (χ0) is 11.1. The molecule has 0 N–H and O–H groups in total. The van der Waals surface area contributed by atoms with Crippen molar-refractivity contribution in [2.24, 2.45) is 0 Å². The van der Waals surface area contributed by atoms with Gasteiger partial charge in [0.1, 0.15) is 0 Å². The molecule has 0 saturated heterocycles.